The number of hydrogen-bond donors (Lipinski definition) is 1. The van der Waals surface area contributed by atoms with Gasteiger partial charge in [0.15, 0.2) is 0 Å². The summed E-state index contributed by atoms with van der Waals surface area (Å²) in [4.78, 5) is 0. The molecule has 1 N–H and O–H groups in total. The molecule has 0 aromatic heterocycles. The van der Waals surface area contributed by atoms with Crippen molar-refractivity contribution < 1.29 is 0 Å². The van der Waals surface area contributed by atoms with Crippen molar-refractivity contribution in [1.82, 2.24) is 5.32 Å². The largest absolute Gasteiger partial charge is 0.390 e. The topological polar surface area (TPSA) is 12.0 Å². The first-order valence-corrected chi connectivity index (χ1v) is 5.20. The van der Waals surface area contributed by atoms with Gasteiger partial charge < -0.3 is 5.32 Å². The number of rotatable bonds is 0. The molecule has 0 bridgehead atoms. The Morgan fingerprint density at radius 3 is 2.46 bits per heavy atom. The van der Waals surface area contributed by atoms with Crippen LogP contribution in [0.4, 0.5) is 0 Å². The quantitative estimate of drug-likeness (QED) is 0.565. The van der Waals surface area contributed by atoms with Crippen LogP contribution in [0.5, 0.6) is 0 Å². The van der Waals surface area contributed by atoms with Gasteiger partial charge in [0.2, 0.25) is 0 Å². The van der Waals surface area contributed by atoms with E-state index in [-0.39, 0.29) is 0 Å². The summed E-state index contributed by atoms with van der Waals surface area (Å²) in [6, 6.07) is 0. The Hall–Kier alpha value is -0.720. The molecular weight excluding hydrogens is 158 g/mol. The van der Waals surface area contributed by atoms with Gasteiger partial charge in [-0.2, -0.15) is 0 Å². The molecule has 0 fully saturated rings. The molecule has 0 spiro atoms. The summed E-state index contributed by atoms with van der Waals surface area (Å²) in [6.45, 7) is 11.7. The van der Waals surface area contributed by atoms with Gasteiger partial charge in [0.25, 0.3) is 0 Å². The van der Waals surface area contributed by atoms with Crippen LogP contribution in [-0.4, -0.2) is 6.54 Å². The zero-order valence-electron chi connectivity index (χ0n) is 9.59. The van der Waals surface area contributed by atoms with E-state index < -0.39 is 0 Å². The molecule has 1 rings (SSSR count). The molecule has 1 atom stereocenters. The lowest BCUT2D eigenvalue weighted by Gasteiger charge is -2.22. The molecule has 0 radical (unpaired) electrons. The van der Waals surface area contributed by atoms with Crippen LogP contribution in [0.15, 0.2) is 24.4 Å². The molecule has 1 unspecified atom stereocenters. The maximum atomic E-state index is 3.28. The van der Waals surface area contributed by atoms with Gasteiger partial charge in [-0.05, 0) is 17.5 Å². The summed E-state index contributed by atoms with van der Waals surface area (Å²) in [5, 5.41) is 3.28. The standard InChI is InChI=1S/C10H17N.C2H6/c1-9-4-6-10(2,3)8-11-7-5-9;1-2/h4-7,9,11H,8H2,1-3H3;1-2H3/b6-4-,7-5-;. The van der Waals surface area contributed by atoms with Gasteiger partial charge in [0.1, 0.15) is 0 Å². The highest BCUT2D eigenvalue weighted by Crippen LogP contribution is 2.18. The van der Waals surface area contributed by atoms with Gasteiger partial charge in [-0.25, -0.2) is 0 Å². The van der Waals surface area contributed by atoms with Crippen LogP contribution in [-0.2, 0) is 0 Å². The SMILES string of the molecule is CC.CC1/C=C\NCC(C)(C)/C=C\1. The Morgan fingerprint density at radius 1 is 1.23 bits per heavy atom. The first-order valence-electron chi connectivity index (χ1n) is 5.20. The van der Waals surface area contributed by atoms with Crippen LogP contribution >= 0.6 is 0 Å². The smallest absolute Gasteiger partial charge is 0.0227 e. The van der Waals surface area contributed by atoms with Gasteiger partial charge in [-0.1, -0.05) is 52.8 Å². The zero-order chi connectivity index (χ0) is 10.3. The minimum Gasteiger partial charge on any atom is -0.390 e. The van der Waals surface area contributed by atoms with Crippen LogP contribution < -0.4 is 5.32 Å². The first-order chi connectivity index (χ1) is 6.10. The Morgan fingerprint density at radius 2 is 1.85 bits per heavy atom. The highest BCUT2D eigenvalue weighted by Gasteiger charge is 2.13. The Kier molecular flexibility index (Phi) is 5.52. The van der Waals surface area contributed by atoms with E-state index in [4.69, 9.17) is 0 Å². The van der Waals surface area contributed by atoms with E-state index in [1.165, 1.54) is 0 Å². The summed E-state index contributed by atoms with van der Waals surface area (Å²) < 4.78 is 0. The third-order valence-electron chi connectivity index (χ3n) is 1.93. The maximum Gasteiger partial charge on any atom is 0.0227 e. The lowest BCUT2D eigenvalue weighted by atomic mass is 9.90. The third kappa shape index (κ3) is 5.51. The fourth-order valence-corrected chi connectivity index (χ4v) is 1.08. The predicted molar refractivity (Wildman–Crippen MR) is 60.6 cm³/mol. The molecule has 0 amide bonds. The normalized spacial score (nSPS) is 29.8. The van der Waals surface area contributed by atoms with Gasteiger partial charge in [0.05, 0.1) is 0 Å². The highest BCUT2D eigenvalue weighted by atomic mass is 14.8. The van der Waals surface area contributed by atoms with Crippen LogP contribution in [0.1, 0.15) is 34.6 Å². The van der Waals surface area contributed by atoms with E-state index >= 15 is 0 Å². The van der Waals surface area contributed by atoms with Crippen molar-refractivity contribution in [3.63, 3.8) is 0 Å². The van der Waals surface area contributed by atoms with E-state index in [0.29, 0.717) is 11.3 Å². The van der Waals surface area contributed by atoms with Gasteiger partial charge in [0, 0.05) is 6.54 Å². The summed E-state index contributed by atoms with van der Waals surface area (Å²) in [7, 11) is 0. The van der Waals surface area contributed by atoms with Crippen LogP contribution in [0.2, 0.25) is 0 Å². The molecule has 0 saturated carbocycles. The van der Waals surface area contributed by atoms with Crippen LogP contribution in [0.25, 0.3) is 0 Å². The average molecular weight is 181 g/mol. The molecule has 1 heterocycles. The molecule has 1 aliphatic rings. The van der Waals surface area contributed by atoms with Crippen molar-refractivity contribution in [2.24, 2.45) is 11.3 Å². The van der Waals surface area contributed by atoms with Crippen LogP contribution in [0.3, 0.4) is 0 Å². The minimum absolute atomic E-state index is 0.291. The first kappa shape index (κ1) is 12.3. The molecule has 13 heavy (non-hydrogen) atoms. The highest BCUT2D eigenvalue weighted by molar-refractivity contribution is 5.06. The molecular formula is C12H23N. The van der Waals surface area contributed by atoms with Crippen molar-refractivity contribution in [1.29, 1.82) is 0 Å². The number of nitrogens with one attached hydrogen (secondary N) is 1. The van der Waals surface area contributed by atoms with Crippen molar-refractivity contribution in [3.8, 4) is 0 Å². The van der Waals surface area contributed by atoms with Crippen LogP contribution in [0, 0.1) is 11.3 Å². The van der Waals surface area contributed by atoms with E-state index in [0.717, 1.165) is 6.54 Å². The molecule has 0 aromatic rings. The fourth-order valence-electron chi connectivity index (χ4n) is 1.08. The monoisotopic (exact) mass is 181 g/mol. The van der Waals surface area contributed by atoms with Gasteiger partial charge in [-0.15, -0.1) is 0 Å². The molecule has 0 aliphatic carbocycles. The molecule has 0 aromatic carbocycles. The lowest BCUT2D eigenvalue weighted by Crippen LogP contribution is -2.25. The maximum absolute atomic E-state index is 3.28. The second-order valence-corrected chi connectivity index (χ2v) is 3.95. The second-order valence-electron chi connectivity index (χ2n) is 3.95. The molecule has 1 nitrogen and oxygen atoms in total. The Balaban J connectivity index is 0.000000671. The van der Waals surface area contributed by atoms with Gasteiger partial charge in [-0.3, -0.25) is 0 Å². The van der Waals surface area contributed by atoms with Crippen molar-refractivity contribution >= 4 is 0 Å². The summed E-state index contributed by atoms with van der Waals surface area (Å²) in [5.41, 5.74) is 0.291. The lowest BCUT2D eigenvalue weighted by molar-refractivity contribution is 0.457. The molecule has 0 saturated heterocycles. The van der Waals surface area contributed by atoms with E-state index in [1.807, 2.05) is 13.8 Å². The second kappa shape index (κ2) is 5.85. The number of allylic oxidation sites excluding steroid dienone is 2. The molecule has 1 aliphatic heterocycles. The minimum atomic E-state index is 0.291. The molecule has 76 valence electrons. The van der Waals surface area contributed by atoms with Crippen molar-refractivity contribution in [3.05, 3.63) is 24.4 Å². The van der Waals surface area contributed by atoms with E-state index in [2.05, 4.69) is 50.5 Å². The van der Waals surface area contributed by atoms with Crippen molar-refractivity contribution in [2.75, 3.05) is 6.54 Å². The zero-order valence-corrected chi connectivity index (χ0v) is 9.59. The average Bonchev–Trinajstić information content (AvgIpc) is 2.11. The predicted octanol–water partition coefficient (Wildman–Crippen LogP) is 3.35. The van der Waals surface area contributed by atoms with E-state index in [1.54, 1.807) is 0 Å². The Labute approximate surface area is 82.9 Å². The Bertz CT molecular complexity index is 178. The van der Waals surface area contributed by atoms with Crippen molar-refractivity contribution in [2.45, 2.75) is 34.6 Å². The summed E-state index contributed by atoms with van der Waals surface area (Å²) in [6.07, 6.45) is 8.77. The fraction of sp³-hybridized carbons (Fsp3) is 0.667. The third-order valence-corrected chi connectivity index (χ3v) is 1.93. The number of hydrogen-bond acceptors (Lipinski definition) is 1. The van der Waals surface area contributed by atoms with Gasteiger partial charge >= 0.3 is 0 Å². The molecule has 1 heteroatoms. The summed E-state index contributed by atoms with van der Waals surface area (Å²) in [5.74, 6) is 0.557. The summed E-state index contributed by atoms with van der Waals surface area (Å²) >= 11 is 0. The van der Waals surface area contributed by atoms with E-state index in [9.17, 15) is 0 Å².